The zero-order chi connectivity index (χ0) is 16.1. The molecular formula is C15H27N3O2S. The summed E-state index contributed by atoms with van der Waals surface area (Å²) in [5.41, 5.74) is -0.566. The van der Waals surface area contributed by atoms with Gasteiger partial charge < -0.3 is 15.7 Å². The van der Waals surface area contributed by atoms with E-state index in [1.807, 2.05) is 40.8 Å². The molecule has 1 aromatic rings. The summed E-state index contributed by atoms with van der Waals surface area (Å²) in [4.78, 5) is 17.4. The molecule has 0 unspecified atom stereocenters. The minimum atomic E-state index is -0.479. The van der Waals surface area contributed by atoms with Crippen molar-refractivity contribution < 1.29 is 9.90 Å². The van der Waals surface area contributed by atoms with E-state index in [2.05, 4.69) is 15.6 Å². The first-order chi connectivity index (χ1) is 9.66. The van der Waals surface area contributed by atoms with Crippen LogP contribution < -0.4 is 10.6 Å². The Morgan fingerprint density at radius 2 is 2.05 bits per heavy atom. The van der Waals surface area contributed by atoms with Crippen molar-refractivity contribution in [3.63, 3.8) is 0 Å². The van der Waals surface area contributed by atoms with Crippen molar-refractivity contribution in [3.05, 3.63) is 16.1 Å². The number of urea groups is 1. The van der Waals surface area contributed by atoms with Crippen molar-refractivity contribution in [2.24, 2.45) is 5.41 Å². The van der Waals surface area contributed by atoms with Crippen LogP contribution in [0.4, 0.5) is 4.79 Å². The summed E-state index contributed by atoms with van der Waals surface area (Å²) in [5, 5.41) is 15.9. The van der Waals surface area contributed by atoms with Crippen LogP contribution in [0.2, 0.25) is 0 Å². The Balaban J connectivity index is 2.37. The highest BCUT2D eigenvalue weighted by atomic mass is 32.1. The predicted molar refractivity (Wildman–Crippen MR) is 86.5 cm³/mol. The summed E-state index contributed by atoms with van der Waals surface area (Å²) >= 11 is 1.59. The van der Waals surface area contributed by atoms with Crippen LogP contribution in [0.5, 0.6) is 0 Å². The third-order valence-electron chi connectivity index (χ3n) is 3.33. The van der Waals surface area contributed by atoms with Crippen molar-refractivity contribution in [1.82, 2.24) is 15.6 Å². The van der Waals surface area contributed by atoms with Gasteiger partial charge in [0.25, 0.3) is 0 Å². The fraction of sp³-hybridized carbons (Fsp3) is 0.733. The van der Waals surface area contributed by atoms with Gasteiger partial charge in [-0.15, -0.1) is 11.3 Å². The Hall–Kier alpha value is -1.14. The summed E-state index contributed by atoms with van der Waals surface area (Å²) in [7, 11) is 0. The average molecular weight is 313 g/mol. The number of aryl methyl sites for hydroxylation is 1. The molecule has 1 heterocycles. The Kier molecular flexibility index (Phi) is 6.16. The molecule has 0 aromatic carbocycles. The minimum Gasteiger partial charge on any atom is -0.396 e. The number of carbonyl (C=O) groups excluding carboxylic acids is 1. The molecule has 0 spiro atoms. The Bertz CT molecular complexity index is 469. The zero-order valence-corrected chi connectivity index (χ0v) is 14.4. The quantitative estimate of drug-likeness (QED) is 0.678. The first kappa shape index (κ1) is 17.9. The van der Waals surface area contributed by atoms with E-state index in [-0.39, 0.29) is 18.1 Å². The van der Waals surface area contributed by atoms with Gasteiger partial charge in [0, 0.05) is 24.2 Å². The molecule has 0 aliphatic rings. The van der Waals surface area contributed by atoms with Crippen molar-refractivity contribution in [2.75, 3.05) is 13.2 Å². The molecule has 21 heavy (non-hydrogen) atoms. The van der Waals surface area contributed by atoms with Crippen LogP contribution >= 0.6 is 11.3 Å². The second kappa shape index (κ2) is 7.22. The summed E-state index contributed by atoms with van der Waals surface area (Å²) in [5.74, 6) is 0. The molecule has 0 saturated carbocycles. The topological polar surface area (TPSA) is 74.2 Å². The fourth-order valence-corrected chi connectivity index (χ4v) is 2.70. The molecule has 0 aliphatic heterocycles. The van der Waals surface area contributed by atoms with E-state index in [0.29, 0.717) is 6.54 Å². The lowest BCUT2D eigenvalue weighted by atomic mass is 9.89. The first-order valence-corrected chi connectivity index (χ1v) is 8.08. The van der Waals surface area contributed by atoms with Gasteiger partial charge in [-0.3, -0.25) is 0 Å². The maximum atomic E-state index is 11.9. The number of hydrogen-bond donors (Lipinski definition) is 3. The van der Waals surface area contributed by atoms with Crippen molar-refractivity contribution in [3.8, 4) is 0 Å². The highest BCUT2D eigenvalue weighted by Crippen LogP contribution is 2.24. The molecule has 6 heteroatoms. The zero-order valence-electron chi connectivity index (χ0n) is 13.6. The van der Waals surface area contributed by atoms with E-state index >= 15 is 0 Å². The number of aliphatic hydroxyl groups is 1. The lowest BCUT2D eigenvalue weighted by Gasteiger charge is -2.24. The van der Waals surface area contributed by atoms with Crippen LogP contribution in [0.15, 0.2) is 6.20 Å². The van der Waals surface area contributed by atoms with Crippen LogP contribution in [-0.4, -0.2) is 29.3 Å². The molecule has 120 valence electrons. The Morgan fingerprint density at radius 3 is 2.57 bits per heavy atom. The van der Waals surface area contributed by atoms with Gasteiger partial charge in [-0.25, -0.2) is 9.78 Å². The number of aliphatic hydroxyl groups excluding tert-OH is 1. The van der Waals surface area contributed by atoms with Crippen LogP contribution in [0.3, 0.4) is 0 Å². The van der Waals surface area contributed by atoms with Gasteiger partial charge in [0.15, 0.2) is 0 Å². The number of rotatable bonds is 7. The molecule has 0 bridgehead atoms. The lowest BCUT2D eigenvalue weighted by Crippen LogP contribution is -2.46. The second-order valence-electron chi connectivity index (χ2n) is 6.71. The van der Waals surface area contributed by atoms with E-state index in [4.69, 9.17) is 0 Å². The highest BCUT2D eigenvalue weighted by molar-refractivity contribution is 7.11. The SMILES string of the molecule is Cc1cnc(C(C)(C)NC(=O)NCCCC(C)(C)CO)s1. The maximum Gasteiger partial charge on any atom is 0.315 e. The highest BCUT2D eigenvalue weighted by Gasteiger charge is 2.26. The minimum absolute atomic E-state index is 0.0875. The molecule has 2 amide bonds. The summed E-state index contributed by atoms with van der Waals surface area (Å²) in [6.45, 7) is 10.7. The summed E-state index contributed by atoms with van der Waals surface area (Å²) in [6, 6.07) is -0.186. The Labute approximate surface area is 131 Å². The average Bonchev–Trinajstić information content (AvgIpc) is 2.82. The van der Waals surface area contributed by atoms with Crippen LogP contribution in [0, 0.1) is 12.3 Å². The van der Waals surface area contributed by atoms with Crippen LogP contribution in [-0.2, 0) is 5.54 Å². The molecule has 0 radical (unpaired) electrons. The molecule has 1 rings (SSSR count). The third-order valence-corrected chi connectivity index (χ3v) is 4.56. The number of carbonyl (C=O) groups is 1. The monoisotopic (exact) mass is 313 g/mol. The van der Waals surface area contributed by atoms with Gasteiger partial charge in [-0.2, -0.15) is 0 Å². The third kappa shape index (κ3) is 6.01. The number of aromatic nitrogens is 1. The number of amides is 2. The van der Waals surface area contributed by atoms with E-state index < -0.39 is 5.54 Å². The lowest BCUT2D eigenvalue weighted by molar-refractivity contribution is 0.148. The largest absolute Gasteiger partial charge is 0.396 e. The van der Waals surface area contributed by atoms with Crippen LogP contribution in [0.1, 0.15) is 50.4 Å². The molecular weight excluding hydrogens is 286 g/mol. The summed E-state index contributed by atoms with van der Waals surface area (Å²) in [6.07, 6.45) is 3.54. The van der Waals surface area contributed by atoms with Gasteiger partial charge in [0.2, 0.25) is 0 Å². The van der Waals surface area contributed by atoms with E-state index in [0.717, 1.165) is 22.7 Å². The van der Waals surface area contributed by atoms with Gasteiger partial charge in [-0.05, 0) is 39.0 Å². The molecule has 0 atom stereocenters. The normalized spacial score (nSPS) is 12.3. The summed E-state index contributed by atoms with van der Waals surface area (Å²) < 4.78 is 0. The molecule has 5 nitrogen and oxygen atoms in total. The van der Waals surface area contributed by atoms with Crippen molar-refractivity contribution >= 4 is 17.4 Å². The Morgan fingerprint density at radius 1 is 1.38 bits per heavy atom. The maximum absolute atomic E-state index is 11.9. The fourth-order valence-electron chi connectivity index (χ4n) is 1.87. The van der Waals surface area contributed by atoms with Gasteiger partial charge in [-0.1, -0.05) is 13.8 Å². The number of nitrogens with one attached hydrogen (secondary N) is 2. The van der Waals surface area contributed by atoms with Crippen molar-refractivity contribution in [2.45, 2.75) is 53.0 Å². The number of nitrogens with zero attached hydrogens (tertiary/aromatic N) is 1. The van der Waals surface area contributed by atoms with E-state index in [1.54, 1.807) is 11.3 Å². The number of hydrogen-bond acceptors (Lipinski definition) is 4. The standard InChI is InChI=1S/C15H27N3O2S/c1-11-9-17-12(21-11)15(4,5)18-13(20)16-8-6-7-14(2,3)10-19/h9,19H,6-8,10H2,1-5H3,(H2,16,18,20). The van der Waals surface area contributed by atoms with Crippen LogP contribution in [0.25, 0.3) is 0 Å². The molecule has 0 aliphatic carbocycles. The van der Waals surface area contributed by atoms with Gasteiger partial charge >= 0.3 is 6.03 Å². The smallest absolute Gasteiger partial charge is 0.315 e. The molecule has 0 fully saturated rings. The van der Waals surface area contributed by atoms with Crippen molar-refractivity contribution in [1.29, 1.82) is 0 Å². The first-order valence-electron chi connectivity index (χ1n) is 7.26. The predicted octanol–water partition coefficient (Wildman–Crippen LogP) is 2.78. The van der Waals surface area contributed by atoms with Gasteiger partial charge in [0.05, 0.1) is 5.54 Å². The molecule has 1 aromatic heterocycles. The van der Waals surface area contributed by atoms with Gasteiger partial charge in [0.1, 0.15) is 5.01 Å². The number of thiazole rings is 1. The molecule has 0 saturated heterocycles. The van der Waals surface area contributed by atoms with E-state index in [1.165, 1.54) is 0 Å². The molecule has 3 N–H and O–H groups in total. The second-order valence-corrected chi connectivity index (χ2v) is 7.94. The van der Waals surface area contributed by atoms with E-state index in [9.17, 15) is 9.90 Å².